The number of hydrogen-bond acceptors (Lipinski definition) is 4. The Labute approximate surface area is 84.9 Å². The van der Waals surface area contributed by atoms with Gasteiger partial charge in [-0.3, -0.25) is 4.99 Å². The first-order chi connectivity index (χ1) is 6.39. The van der Waals surface area contributed by atoms with Crippen molar-refractivity contribution in [3.05, 3.63) is 12.3 Å². The summed E-state index contributed by atoms with van der Waals surface area (Å²) in [7, 11) is 0. The standard InChI is InChI=1S/C10H19N3O/c1-7-4-5-12-9(13-7)6-8(11)10(2,3)14/h4-5,7-8,14H,6,11H2,1-3H3,(H,12,13). The highest BCUT2D eigenvalue weighted by Gasteiger charge is 2.24. The Hall–Kier alpha value is -0.870. The highest BCUT2D eigenvalue weighted by molar-refractivity contribution is 5.84. The largest absolute Gasteiger partial charge is 0.389 e. The van der Waals surface area contributed by atoms with E-state index in [0.717, 1.165) is 5.84 Å². The van der Waals surface area contributed by atoms with Crippen LogP contribution >= 0.6 is 0 Å². The molecule has 2 unspecified atom stereocenters. The van der Waals surface area contributed by atoms with Crippen LogP contribution in [0.5, 0.6) is 0 Å². The molecule has 0 spiro atoms. The van der Waals surface area contributed by atoms with E-state index in [9.17, 15) is 5.11 Å². The Kier molecular flexibility index (Phi) is 3.29. The normalized spacial score (nSPS) is 24.1. The monoisotopic (exact) mass is 197 g/mol. The highest BCUT2D eigenvalue weighted by Crippen LogP contribution is 2.11. The van der Waals surface area contributed by atoms with E-state index in [1.807, 2.05) is 19.2 Å². The van der Waals surface area contributed by atoms with Crippen molar-refractivity contribution in [2.24, 2.45) is 10.7 Å². The molecule has 0 radical (unpaired) electrons. The Morgan fingerprint density at radius 1 is 1.71 bits per heavy atom. The maximum absolute atomic E-state index is 9.66. The fourth-order valence-corrected chi connectivity index (χ4v) is 1.18. The van der Waals surface area contributed by atoms with Crippen LogP contribution in [0.15, 0.2) is 17.3 Å². The van der Waals surface area contributed by atoms with E-state index in [-0.39, 0.29) is 12.1 Å². The van der Waals surface area contributed by atoms with Gasteiger partial charge in [0.2, 0.25) is 0 Å². The van der Waals surface area contributed by atoms with Gasteiger partial charge in [-0.1, -0.05) is 0 Å². The second-order valence-corrected chi connectivity index (χ2v) is 4.28. The van der Waals surface area contributed by atoms with Crippen LogP contribution in [0.25, 0.3) is 0 Å². The lowest BCUT2D eigenvalue weighted by molar-refractivity contribution is 0.0541. The first-order valence-electron chi connectivity index (χ1n) is 4.87. The molecule has 0 aliphatic carbocycles. The second-order valence-electron chi connectivity index (χ2n) is 4.28. The van der Waals surface area contributed by atoms with Gasteiger partial charge in [0.05, 0.1) is 11.6 Å². The molecule has 0 bridgehead atoms. The number of nitrogens with zero attached hydrogens (tertiary/aromatic N) is 1. The molecular formula is C10H19N3O. The SMILES string of the molecule is CC1C=CNC(CC(N)C(C)(C)O)=N1. The lowest BCUT2D eigenvalue weighted by Gasteiger charge is -2.27. The number of hydrogen-bond donors (Lipinski definition) is 3. The van der Waals surface area contributed by atoms with Gasteiger partial charge < -0.3 is 16.2 Å². The van der Waals surface area contributed by atoms with Gasteiger partial charge in [-0.15, -0.1) is 0 Å². The maximum Gasteiger partial charge on any atom is 0.103 e. The van der Waals surface area contributed by atoms with Gasteiger partial charge in [0.15, 0.2) is 0 Å². The number of aliphatic hydroxyl groups is 1. The molecule has 1 heterocycles. The number of aliphatic imine (C=N–C) groups is 1. The van der Waals surface area contributed by atoms with Gasteiger partial charge in [0.1, 0.15) is 5.84 Å². The molecule has 1 aliphatic rings. The summed E-state index contributed by atoms with van der Waals surface area (Å²) in [4.78, 5) is 4.36. The Balaban J connectivity index is 2.53. The topological polar surface area (TPSA) is 70.6 Å². The molecule has 0 aromatic heterocycles. The molecule has 1 aliphatic heterocycles. The Morgan fingerprint density at radius 3 is 2.86 bits per heavy atom. The van der Waals surface area contributed by atoms with Crippen molar-refractivity contribution in [3.8, 4) is 0 Å². The van der Waals surface area contributed by atoms with Crippen LogP contribution in [0, 0.1) is 0 Å². The molecule has 1 rings (SSSR count). The van der Waals surface area contributed by atoms with E-state index >= 15 is 0 Å². The summed E-state index contributed by atoms with van der Waals surface area (Å²) in [6.07, 6.45) is 4.40. The predicted molar refractivity (Wildman–Crippen MR) is 58.1 cm³/mol. The molecule has 4 nitrogen and oxygen atoms in total. The van der Waals surface area contributed by atoms with Crippen LogP contribution in [0.2, 0.25) is 0 Å². The Morgan fingerprint density at radius 2 is 2.36 bits per heavy atom. The zero-order valence-electron chi connectivity index (χ0n) is 8.99. The summed E-state index contributed by atoms with van der Waals surface area (Å²) >= 11 is 0. The van der Waals surface area contributed by atoms with Crippen molar-refractivity contribution in [3.63, 3.8) is 0 Å². The molecule has 4 N–H and O–H groups in total. The number of nitrogens with two attached hydrogens (primary N) is 1. The molecule has 0 aromatic carbocycles. The average Bonchev–Trinajstić information content (AvgIpc) is 2.02. The van der Waals surface area contributed by atoms with E-state index in [1.165, 1.54) is 0 Å². The summed E-state index contributed by atoms with van der Waals surface area (Å²) in [5.41, 5.74) is 4.97. The first kappa shape index (κ1) is 11.2. The number of rotatable bonds is 3. The fraction of sp³-hybridized carbons (Fsp3) is 0.700. The maximum atomic E-state index is 9.66. The molecule has 0 saturated heterocycles. The van der Waals surface area contributed by atoms with Crippen LogP contribution in [0.4, 0.5) is 0 Å². The van der Waals surface area contributed by atoms with E-state index < -0.39 is 5.60 Å². The zero-order chi connectivity index (χ0) is 10.8. The summed E-state index contributed by atoms with van der Waals surface area (Å²) in [6, 6.07) is -0.104. The van der Waals surface area contributed by atoms with Crippen molar-refractivity contribution < 1.29 is 5.11 Å². The average molecular weight is 197 g/mol. The lowest BCUT2D eigenvalue weighted by atomic mass is 9.96. The van der Waals surface area contributed by atoms with Crippen molar-refractivity contribution in [1.29, 1.82) is 0 Å². The van der Waals surface area contributed by atoms with Crippen LogP contribution in [-0.2, 0) is 0 Å². The second kappa shape index (κ2) is 4.11. The summed E-state index contributed by atoms with van der Waals surface area (Å²) < 4.78 is 0. The van der Waals surface area contributed by atoms with Crippen molar-refractivity contribution >= 4 is 5.84 Å². The number of nitrogens with one attached hydrogen (secondary N) is 1. The summed E-state index contributed by atoms with van der Waals surface area (Å²) in [5, 5.41) is 12.7. The van der Waals surface area contributed by atoms with E-state index in [4.69, 9.17) is 5.73 Å². The van der Waals surface area contributed by atoms with E-state index in [1.54, 1.807) is 13.8 Å². The molecule has 14 heavy (non-hydrogen) atoms. The minimum Gasteiger partial charge on any atom is -0.389 e. The molecule has 2 atom stereocenters. The third-order valence-electron chi connectivity index (χ3n) is 2.30. The minimum atomic E-state index is -0.866. The zero-order valence-corrected chi connectivity index (χ0v) is 8.99. The van der Waals surface area contributed by atoms with Gasteiger partial charge in [0.25, 0.3) is 0 Å². The molecule has 0 amide bonds. The fourth-order valence-electron chi connectivity index (χ4n) is 1.18. The molecule has 0 fully saturated rings. The molecule has 80 valence electrons. The summed E-state index contributed by atoms with van der Waals surface area (Å²) in [5.74, 6) is 0.842. The van der Waals surface area contributed by atoms with Crippen molar-refractivity contribution in [2.75, 3.05) is 0 Å². The third kappa shape index (κ3) is 3.12. The van der Waals surface area contributed by atoms with Gasteiger partial charge in [-0.05, 0) is 26.8 Å². The van der Waals surface area contributed by atoms with Gasteiger partial charge >= 0.3 is 0 Å². The quantitative estimate of drug-likeness (QED) is 0.612. The number of amidine groups is 1. The molecule has 0 aromatic rings. The minimum absolute atomic E-state index is 0.195. The van der Waals surface area contributed by atoms with E-state index in [0.29, 0.717) is 6.42 Å². The predicted octanol–water partition coefficient (Wildman–Crippen LogP) is 0.379. The van der Waals surface area contributed by atoms with Gasteiger partial charge in [-0.2, -0.15) is 0 Å². The van der Waals surface area contributed by atoms with E-state index in [2.05, 4.69) is 10.3 Å². The van der Waals surface area contributed by atoms with Crippen LogP contribution in [0.3, 0.4) is 0 Å². The third-order valence-corrected chi connectivity index (χ3v) is 2.30. The van der Waals surface area contributed by atoms with Crippen LogP contribution < -0.4 is 11.1 Å². The van der Waals surface area contributed by atoms with Crippen molar-refractivity contribution in [1.82, 2.24) is 5.32 Å². The molecule has 0 saturated carbocycles. The highest BCUT2D eigenvalue weighted by atomic mass is 16.3. The van der Waals surface area contributed by atoms with Crippen molar-refractivity contribution in [2.45, 2.75) is 44.9 Å². The van der Waals surface area contributed by atoms with Gasteiger partial charge in [0, 0.05) is 18.7 Å². The molecule has 4 heteroatoms. The smallest absolute Gasteiger partial charge is 0.103 e. The lowest BCUT2D eigenvalue weighted by Crippen LogP contribution is -2.46. The van der Waals surface area contributed by atoms with Crippen LogP contribution in [0.1, 0.15) is 27.2 Å². The summed E-state index contributed by atoms with van der Waals surface area (Å²) in [6.45, 7) is 5.42. The molecular weight excluding hydrogens is 178 g/mol. The first-order valence-corrected chi connectivity index (χ1v) is 4.87. The van der Waals surface area contributed by atoms with Gasteiger partial charge in [-0.25, -0.2) is 0 Å². The van der Waals surface area contributed by atoms with Crippen LogP contribution in [-0.4, -0.2) is 28.6 Å². The Bertz CT molecular complexity index is 253.